The first-order valence-corrected chi connectivity index (χ1v) is 6.48. The summed E-state index contributed by atoms with van der Waals surface area (Å²) in [7, 11) is 0. The van der Waals surface area contributed by atoms with Crippen LogP contribution in [0.4, 0.5) is 5.69 Å². The van der Waals surface area contributed by atoms with E-state index in [2.05, 4.69) is 15.7 Å². The average molecular weight is 236 g/mol. The van der Waals surface area contributed by atoms with Gasteiger partial charge in [-0.3, -0.25) is 5.43 Å². The summed E-state index contributed by atoms with van der Waals surface area (Å²) < 4.78 is 0. The van der Waals surface area contributed by atoms with Crippen LogP contribution in [0.15, 0.2) is 35.3 Å². The van der Waals surface area contributed by atoms with Crippen LogP contribution in [0.1, 0.15) is 6.42 Å². The molecule has 1 unspecified atom stereocenters. The highest BCUT2D eigenvalue weighted by Gasteiger charge is 2.14. The number of nitrogens with one attached hydrogen (secondary N) is 2. The number of aliphatic imine (C=N–C) groups is 1. The molecule has 1 aliphatic heterocycles. The van der Waals surface area contributed by atoms with E-state index in [1.807, 2.05) is 42.1 Å². The van der Waals surface area contributed by atoms with Crippen molar-refractivity contribution in [2.75, 3.05) is 16.8 Å². The highest BCUT2D eigenvalue weighted by molar-refractivity contribution is 7.99. The van der Waals surface area contributed by atoms with Crippen molar-refractivity contribution in [2.24, 2.45) is 10.8 Å². The number of para-hydroxylation sites is 1. The molecule has 1 aliphatic rings. The van der Waals surface area contributed by atoms with Gasteiger partial charge < -0.3 is 5.32 Å². The van der Waals surface area contributed by atoms with E-state index >= 15 is 0 Å². The highest BCUT2D eigenvalue weighted by atomic mass is 32.2. The molecule has 0 bridgehead atoms. The molecule has 4 nitrogen and oxygen atoms in total. The van der Waals surface area contributed by atoms with Gasteiger partial charge >= 0.3 is 0 Å². The lowest BCUT2D eigenvalue weighted by Gasteiger charge is -2.11. The maximum absolute atomic E-state index is 5.45. The van der Waals surface area contributed by atoms with Crippen LogP contribution in [0.5, 0.6) is 0 Å². The number of hydrazine groups is 1. The molecule has 0 spiro atoms. The molecule has 1 saturated heterocycles. The summed E-state index contributed by atoms with van der Waals surface area (Å²) in [6.45, 7) is 0. The molecular weight excluding hydrogens is 220 g/mol. The zero-order valence-electron chi connectivity index (χ0n) is 9.02. The minimum Gasteiger partial charge on any atom is -0.325 e. The summed E-state index contributed by atoms with van der Waals surface area (Å²) in [5.74, 6) is 8.36. The van der Waals surface area contributed by atoms with Gasteiger partial charge in [-0.05, 0) is 24.3 Å². The van der Waals surface area contributed by atoms with Crippen molar-refractivity contribution in [3.05, 3.63) is 30.3 Å². The quantitative estimate of drug-likeness (QED) is 0.314. The lowest BCUT2D eigenvalue weighted by Crippen LogP contribution is -2.37. The van der Waals surface area contributed by atoms with Crippen LogP contribution in [0, 0.1) is 0 Å². The Hall–Kier alpha value is -1.20. The van der Waals surface area contributed by atoms with Gasteiger partial charge in [0.25, 0.3) is 0 Å². The lowest BCUT2D eigenvalue weighted by atomic mass is 10.3. The zero-order valence-corrected chi connectivity index (χ0v) is 9.83. The Morgan fingerprint density at radius 2 is 2.19 bits per heavy atom. The Bertz CT molecular complexity index is 346. The molecule has 1 atom stereocenters. The Labute approximate surface area is 99.7 Å². The summed E-state index contributed by atoms with van der Waals surface area (Å²) in [4.78, 5) is 4.54. The molecule has 0 aromatic heterocycles. The molecule has 16 heavy (non-hydrogen) atoms. The summed E-state index contributed by atoms with van der Waals surface area (Å²) in [6, 6.07) is 10.3. The first kappa shape index (κ1) is 11.3. The average Bonchev–Trinajstić information content (AvgIpc) is 2.82. The van der Waals surface area contributed by atoms with E-state index in [0.29, 0.717) is 12.0 Å². The number of nitrogens with two attached hydrogens (primary N) is 1. The molecule has 2 rings (SSSR count). The van der Waals surface area contributed by atoms with E-state index in [0.717, 1.165) is 17.9 Å². The van der Waals surface area contributed by atoms with Gasteiger partial charge in [0, 0.05) is 11.4 Å². The van der Waals surface area contributed by atoms with Crippen LogP contribution in [-0.2, 0) is 0 Å². The molecule has 1 aromatic carbocycles. The zero-order chi connectivity index (χ0) is 11.2. The van der Waals surface area contributed by atoms with Gasteiger partial charge in [-0.15, -0.1) is 0 Å². The van der Waals surface area contributed by atoms with Crippen molar-refractivity contribution in [3.63, 3.8) is 0 Å². The molecule has 4 N–H and O–H groups in total. The number of guanidine groups is 1. The third-order valence-corrected chi connectivity index (χ3v) is 3.54. The van der Waals surface area contributed by atoms with Crippen LogP contribution in [0.25, 0.3) is 0 Å². The molecule has 5 heteroatoms. The summed E-state index contributed by atoms with van der Waals surface area (Å²) >= 11 is 1.94. The SMILES string of the molecule is NNC(=NC1CCSC1)Nc1ccccc1. The van der Waals surface area contributed by atoms with E-state index < -0.39 is 0 Å². The molecule has 0 saturated carbocycles. The second kappa shape index (κ2) is 5.77. The van der Waals surface area contributed by atoms with Crippen LogP contribution in [0.2, 0.25) is 0 Å². The standard InChI is InChI=1S/C11H16N4S/c12-15-11(14-10-6-7-16-8-10)13-9-4-2-1-3-5-9/h1-5,10H,6-8,12H2,(H2,13,14,15). The van der Waals surface area contributed by atoms with Gasteiger partial charge in [-0.25, -0.2) is 10.8 Å². The highest BCUT2D eigenvalue weighted by Crippen LogP contribution is 2.20. The first-order valence-electron chi connectivity index (χ1n) is 5.33. The van der Waals surface area contributed by atoms with Crippen LogP contribution in [-0.4, -0.2) is 23.5 Å². The summed E-state index contributed by atoms with van der Waals surface area (Å²) in [5.41, 5.74) is 3.60. The molecule has 1 aromatic rings. The first-order chi connectivity index (χ1) is 7.88. The van der Waals surface area contributed by atoms with E-state index in [1.165, 1.54) is 5.75 Å². The van der Waals surface area contributed by atoms with Crippen molar-refractivity contribution >= 4 is 23.4 Å². The number of hydrogen-bond donors (Lipinski definition) is 3. The number of hydrogen-bond acceptors (Lipinski definition) is 3. The number of benzene rings is 1. The van der Waals surface area contributed by atoms with E-state index in [9.17, 15) is 0 Å². The van der Waals surface area contributed by atoms with E-state index in [-0.39, 0.29) is 0 Å². The van der Waals surface area contributed by atoms with Gasteiger partial charge in [-0.2, -0.15) is 11.8 Å². The van der Waals surface area contributed by atoms with Crippen molar-refractivity contribution in [1.82, 2.24) is 5.43 Å². The normalized spacial score (nSPS) is 20.8. The molecule has 0 aliphatic carbocycles. The van der Waals surface area contributed by atoms with E-state index in [4.69, 9.17) is 5.84 Å². The van der Waals surface area contributed by atoms with Crippen molar-refractivity contribution in [2.45, 2.75) is 12.5 Å². The summed E-state index contributed by atoms with van der Waals surface area (Å²) in [6.07, 6.45) is 1.13. The maximum atomic E-state index is 5.45. The third kappa shape index (κ3) is 3.15. The number of rotatable bonds is 2. The Morgan fingerprint density at radius 3 is 2.81 bits per heavy atom. The third-order valence-electron chi connectivity index (χ3n) is 2.39. The largest absolute Gasteiger partial charge is 0.325 e. The lowest BCUT2D eigenvalue weighted by molar-refractivity contribution is 0.752. The van der Waals surface area contributed by atoms with Crippen LogP contribution < -0.4 is 16.6 Å². The predicted octanol–water partition coefficient (Wildman–Crippen LogP) is 1.42. The van der Waals surface area contributed by atoms with Crippen molar-refractivity contribution in [1.29, 1.82) is 0 Å². The van der Waals surface area contributed by atoms with Gasteiger partial charge in [0.15, 0.2) is 0 Å². The molecule has 1 heterocycles. The van der Waals surface area contributed by atoms with Crippen molar-refractivity contribution < 1.29 is 0 Å². The fraction of sp³-hybridized carbons (Fsp3) is 0.364. The molecule has 0 amide bonds. The second-order valence-electron chi connectivity index (χ2n) is 3.63. The fourth-order valence-electron chi connectivity index (χ4n) is 1.57. The summed E-state index contributed by atoms with van der Waals surface area (Å²) in [5, 5.41) is 3.16. The predicted molar refractivity (Wildman–Crippen MR) is 70.6 cm³/mol. The van der Waals surface area contributed by atoms with Crippen LogP contribution >= 0.6 is 11.8 Å². The molecule has 0 radical (unpaired) electrons. The Balaban J connectivity index is 1.99. The minimum absolute atomic E-state index is 0.382. The number of nitrogens with zero attached hydrogens (tertiary/aromatic N) is 1. The van der Waals surface area contributed by atoms with Gasteiger partial charge in [-0.1, -0.05) is 18.2 Å². The molecule has 86 valence electrons. The van der Waals surface area contributed by atoms with Gasteiger partial charge in [0.05, 0.1) is 6.04 Å². The minimum atomic E-state index is 0.382. The number of thioether (sulfide) groups is 1. The molecular formula is C11H16N4S. The van der Waals surface area contributed by atoms with Gasteiger partial charge in [0.1, 0.15) is 0 Å². The fourth-order valence-corrected chi connectivity index (χ4v) is 2.69. The Morgan fingerprint density at radius 1 is 1.38 bits per heavy atom. The second-order valence-corrected chi connectivity index (χ2v) is 4.78. The van der Waals surface area contributed by atoms with Gasteiger partial charge in [0.2, 0.25) is 5.96 Å². The topological polar surface area (TPSA) is 62.4 Å². The Kier molecular flexibility index (Phi) is 4.07. The maximum Gasteiger partial charge on any atom is 0.210 e. The van der Waals surface area contributed by atoms with Crippen molar-refractivity contribution in [3.8, 4) is 0 Å². The monoisotopic (exact) mass is 236 g/mol. The smallest absolute Gasteiger partial charge is 0.210 e. The van der Waals surface area contributed by atoms with E-state index in [1.54, 1.807) is 0 Å². The molecule has 1 fully saturated rings. The van der Waals surface area contributed by atoms with Crippen LogP contribution in [0.3, 0.4) is 0 Å². The number of anilines is 1.